The van der Waals surface area contributed by atoms with E-state index in [-0.39, 0.29) is 24.9 Å². The number of thiophene rings is 1. The smallest absolute Gasteiger partial charge is 0.227 e. The molecule has 0 saturated carbocycles. The number of hydrogen-bond acceptors (Lipinski definition) is 5. The molecule has 6 heteroatoms. The molecule has 1 atom stereocenters. The third-order valence-electron chi connectivity index (χ3n) is 3.26. The molecule has 2 aromatic rings. The number of carbonyl (C=O) groups is 1. The lowest BCUT2D eigenvalue weighted by atomic mass is 10.1. The van der Waals surface area contributed by atoms with Gasteiger partial charge in [-0.3, -0.25) is 4.79 Å². The number of aryl methyl sites for hydroxylation is 1. The number of aromatic nitrogens is 1. The molecule has 0 aliphatic rings. The minimum Gasteiger partial charge on any atom is -0.441 e. The van der Waals surface area contributed by atoms with Crippen LogP contribution in [0.25, 0.3) is 11.5 Å². The van der Waals surface area contributed by atoms with Crippen LogP contribution in [-0.2, 0) is 11.2 Å². The van der Waals surface area contributed by atoms with Gasteiger partial charge in [-0.1, -0.05) is 6.92 Å². The Morgan fingerprint density at radius 2 is 2.38 bits per heavy atom. The zero-order chi connectivity index (χ0) is 15.2. The topological polar surface area (TPSA) is 75.4 Å². The molecule has 5 nitrogen and oxygen atoms in total. The van der Waals surface area contributed by atoms with Gasteiger partial charge in [-0.05, 0) is 30.7 Å². The van der Waals surface area contributed by atoms with E-state index in [0.29, 0.717) is 30.3 Å². The Bertz CT molecular complexity index is 578. The van der Waals surface area contributed by atoms with Gasteiger partial charge in [0.2, 0.25) is 11.8 Å². The Labute approximate surface area is 128 Å². The summed E-state index contributed by atoms with van der Waals surface area (Å²) in [5.41, 5.74) is 1.61. The van der Waals surface area contributed by atoms with Crippen LogP contribution in [0.3, 0.4) is 0 Å². The Balaban J connectivity index is 1.92. The summed E-state index contributed by atoms with van der Waals surface area (Å²) >= 11 is 1.58. The Morgan fingerprint density at radius 3 is 3.05 bits per heavy atom. The first-order valence-electron chi connectivity index (χ1n) is 6.96. The van der Waals surface area contributed by atoms with Crippen molar-refractivity contribution in [3.05, 3.63) is 28.3 Å². The van der Waals surface area contributed by atoms with Gasteiger partial charge < -0.3 is 14.8 Å². The Hall–Kier alpha value is -1.66. The predicted octanol–water partition coefficient (Wildman–Crippen LogP) is 2.39. The molecule has 0 bridgehead atoms. The fourth-order valence-electron chi connectivity index (χ4n) is 1.93. The SMILES string of the molecule is Cc1oc(-c2ccsc2)nc1CC(=O)NCC(C)CCO. The van der Waals surface area contributed by atoms with Crippen molar-refractivity contribution in [2.45, 2.75) is 26.7 Å². The van der Waals surface area contributed by atoms with Crippen LogP contribution in [0.2, 0.25) is 0 Å². The van der Waals surface area contributed by atoms with Crippen LogP contribution in [0.1, 0.15) is 24.8 Å². The second-order valence-electron chi connectivity index (χ2n) is 5.13. The molecule has 2 heterocycles. The molecule has 0 saturated heterocycles. The number of aliphatic hydroxyl groups excluding tert-OH is 1. The lowest BCUT2D eigenvalue weighted by molar-refractivity contribution is -0.120. The van der Waals surface area contributed by atoms with Gasteiger partial charge in [0.1, 0.15) is 5.76 Å². The normalized spacial score (nSPS) is 12.3. The standard InChI is InChI=1S/C15H20N2O3S/c1-10(3-5-18)8-16-14(19)7-13-11(2)20-15(17-13)12-4-6-21-9-12/h4,6,9-10,18H,3,5,7-8H2,1-2H3,(H,16,19). The Morgan fingerprint density at radius 1 is 1.57 bits per heavy atom. The zero-order valence-corrected chi connectivity index (χ0v) is 13.1. The molecule has 2 N–H and O–H groups in total. The molecule has 114 valence electrons. The molecule has 1 amide bonds. The van der Waals surface area contributed by atoms with Crippen molar-refractivity contribution in [3.63, 3.8) is 0 Å². The van der Waals surface area contributed by atoms with Gasteiger partial charge in [-0.2, -0.15) is 11.3 Å². The van der Waals surface area contributed by atoms with E-state index in [2.05, 4.69) is 10.3 Å². The van der Waals surface area contributed by atoms with Crippen molar-refractivity contribution in [2.75, 3.05) is 13.2 Å². The number of oxazole rings is 1. The van der Waals surface area contributed by atoms with Crippen LogP contribution in [0.15, 0.2) is 21.2 Å². The number of hydrogen-bond donors (Lipinski definition) is 2. The molecule has 0 spiro atoms. The van der Waals surface area contributed by atoms with Gasteiger partial charge in [0.15, 0.2) is 0 Å². The van der Waals surface area contributed by atoms with Crippen LogP contribution in [-0.4, -0.2) is 29.1 Å². The quantitative estimate of drug-likeness (QED) is 0.823. The van der Waals surface area contributed by atoms with E-state index in [1.54, 1.807) is 11.3 Å². The number of nitrogens with one attached hydrogen (secondary N) is 1. The summed E-state index contributed by atoms with van der Waals surface area (Å²) in [5.74, 6) is 1.42. The van der Waals surface area contributed by atoms with E-state index in [9.17, 15) is 4.79 Å². The predicted molar refractivity (Wildman–Crippen MR) is 82.1 cm³/mol. The molecule has 0 aliphatic heterocycles. The molecule has 0 aromatic carbocycles. The molecule has 0 aliphatic carbocycles. The lowest BCUT2D eigenvalue weighted by Gasteiger charge is -2.10. The molecule has 0 radical (unpaired) electrons. The van der Waals surface area contributed by atoms with Gasteiger partial charge in [0.25, 0.3) is 0 Å². The van der Waals surface area contributed by atoms with Crippen molar-refractivity contribution in [2.24, 2.45) is 5.92 Å². The lowest BCUT2D eigenvalue weighted by Crippen LogP contribution is -2.30. The Kier molecular flexibility index (Phi) is 5.52. The minimum absolute atomic E-state index is 0.0759. The first-order valence-corrected chi connectivity index (χ1v) is 7.91. The van der Waals surface area contributed by atoms with Crippen molar-refractivity contribution in [1.82, 2.24) is 10.3 Å². The number of nitrogens with zero attached hydrogens (tertiary/aromatic N) is 1. The van der Waals surface area contributed by atoms with Gasteiger partial charge in [-0.15, -0.1) is 0 Å². The number of aliphatic hydroxyl groups is 1. The van der Waals surface area contributed by atoms with Gasteiger partial charge in [0, 0.05) is 24.1 Å². The van der Waals surface area contributed by atoms with Gasteiger partial charge in [0.05, 0.1) is 12.1 Å². The summed E-state index contributed by atoms with van der Waals surface area (Å²) in [6.07, 6.45) is 0.900. The fourth-order valence-corrected chi connectivity index (χ4v) is 2.56. The average Bonchev–Trinajstić information content (AvgIpc) is 3.07. The summed E-state index contributed by atoms with van der Waals surface area (Å²) in [6, 6.07) is 1.94. The molecule has 1 unspecified atom stereocenters. The fraction of sp³-hybridized carbons (Fsp3) is 0.467. The highest BCUT2D eigenvalue weighted by Gasteiger charge is 2.15. The van der Waals surface area contributed by atoms with Gasteiger partial charge >= 0.3 is 0 Å². The third kappa shape index (κ3) is 4.41. The third-order valence-corrected chi connectivity index (χ3v) is 3.94. The first-order chi connectivity index (χ1) is 10.1. The average molecular weight is 308 g/mol. The second-order valence-corrected chi connectivity index (χ2v) is 5.91. The van der Waals surface area contributed by atoms with Crippen molar-refractivity contribution < 1.29 is 14.3 Å². The number of amides is 1. The monoisotopic (exact) mass is 308 g/mol. The number of rotatable bonds is 7. The van der Waals surface area contributed by atoms with Crippen molar-refractivity contribution >= 4 is 17.2 Å². The molecular weight excluding hydrogens is 288 g/mol. The van der Waals surface area contributed by atoms with Crippen LogP contribution in [0.5, 0.6) is 0 Å². The van der Waals surface area contributed by atoms with E-state index in [4.69, 9.17) is 9.52 Å². The minimum atomic E-state index is -0.0759. The molecular formula is C15H20N2O3S. The van der Waals surface area contributed by atoms with E-state index in [1.807, 2.05) is 30.7 Å². The summed E-state index contributed by atoms with van der Waals surface area (Å²) in [7, 11) is 0. The van der Waals surface area contributed by atoms with E-state index in [0.717, 1.165) is 5.56 Å². The van der Waals surface area contributed by atoms with Crippen LogP contribution >= 0.6 is 11.3 Å². The summed E-state index contributed by atoms with van der Waals surface area (Å²) in [5, 5.41) is 15.6. The van der Waals surface area contributed by atoms with E-state index >= 15 is 0 Å². The molecule has 21 heavy (non-hydrogen) atoms. The summed E-state index contributed by atoms with van der Waals surface area (Å²) < 4.78 is 5.61. The highest BCUT2D eigenvalue weighted by molar-refractivity contribution is 7.08. The summed E-state index contributed by atoms with van der Waals surface area (Å²) in [4.78, 5) is 16.3. The van der Waals surface area contributed by atoms with Crippen LogP contribution in [0.4, 0.5) is 0 Å². The van der Waals surface area contributed by atoms with Crippen molar-refractivity contribution in [3.8, 4) is 11.5 Å². The van der Waals surface area contributed by atoms with Crippen molar-refractivity contribution in [1.29, 1.82) is 0 Å². The molecule has 2 rings (SSSR count). The van der Waals surface area contributed by atoms with E-state index in [1.165, 1.54) is 0 Å². The van der Waals surface area contributed by atoms with Gasteiger partial charge in [-0.25, -0.2) is 4.98 Å². The zero-order valence-electron chi connectivity index (χ0n) is 12.3. The molecule has 0 fully saturated rings. The summed E-state index contributed by atoms with van der Waals surface area (Å²) in [6.45, 7) is 4.52. The largest absolute Gasteiger partial charge is 0.441 e. The first kappa shape index (κ1) is 15.7. The number of carbonyl (C=O) groups excluding carboxylic acids is 1. The maximum atomic E-state index is 11.9. The highest BCUT2D eigenvalue weighted by atomic mass is 32.1. The van der Waals surface area contributed by atoms with Crippen LogP contribution < -0.4 is 5.32 Å². The highest BCUT2D eigenvalue weighted by Crippen LogP contribution is 2.23. The second kappa shape index (κ2) is 7.38. The maximum absolute atomic E-state index is 11.9. The maximum Gasteiger partial charge on any atom is 0.227 e. The molecule has 2 aromatic heterocycles. The van der Waals surface area contributed by atoms with E-state index < -0.39 is 0 Å². The van der Waals surface area contributed by atoms with Crippen LogP contribution in [0, 0.1) is 12.8 Å².